The van der Waals surface area contributed by atoms with E-state index in [0.29, 0.717) is 0 Å². The van der Waals surface area contributed by atoms with Crippen LogP contribution in [0, 0.1) is 0 Å². The zero-order valence-electron chi connectivity index (χ0n) is 11.1. The Balaban J connectivity index is 2.88. The molecule has 0 N–H and O–H groups in total. The van der Waals surface area contributed by atoms with Crippen LogP contribution >= 0.6 is 0 Å². The highest BCUT2D eigenvalue weighted by molar-refractivity contribution is 4.74. The molecule has 0 fully saturated rings. The first kappa shape index (κ1) is 15.5. The Bertz CT molecular complexity index is 140. The second-order valence-corrected chi connectivity index (χ2v) is 4.71. The first-order chi connectivity index (χ1) is 7.91. The molecule has 0 saturated carbocycles. The molecule has 16 heavy (non-hydrogen) atoms. The average molecular weight is 223 g/mol. The summed E-state index contributed by atoms with van der Waals surface area (Å²) in [5.74, 6) is 0. The average Bonchev–Trinajstić information content (AvgIpc) is 2.31. The molecular formula is C15H29N. The van der Waals surface area contributed by atoms with E-state index < -0.39 is 0 Å². The third-order valence-corrected chi connectivity index (χ3v) is 3.08. The zero-order valence-corrected chi connectivity index (χ0v) is 11.1. The van der Waals surface area contributed by atoms with Crippen molar-refractivity contribution in [2.75, 3.05) is 0 Å². The highest BCUT2D eigenvalue weighted by Gasteiger charge is 1.92. The highest BCUT2D eigenvalue weighted by atomic mass is 14.5. The number of nitrogens with zero attached hydrogens (tertiary/aromatic N) is 1. The Morgan fingerprint density at radius 3 is 1.56 bits per heavy atom. The molecule has 0 aromatic heterocycles. The third-order valence-electron chi connectivity index (χ3n) is 3.08. The van der Waals surface area contributed by atoms with Crippen LogP contribution < -0.4 is 5.73 Å². The molecular weight excluding hydrogens is 194 g/mol. The van der Waals surface area contributed by atoms with Gasteiger partial charge in [0, 0.05) is 6.20 Å². The summed E-state index contributed by atoms with van der Waals surface area (Å²) in [6, 6.07) is 0. The molecule has 0 amide bonds. The number of hydrogen-bond donors (Lipinski definition) is 0. The molecule has 1 nitrogen and oxygen atoms in total. The minimum absolute atomic E-state index is 1.04. The predicted molar refractivity (Wildman–Crippen MR) is 72.4 cm³/mol. The number of allylic oxidation sites excluding steroid dienone is 1. The summed E-state index contributed by atoms with van der Waals surface area (Å²) in [5.41, 5.74) is 8.45. The Hall–Kier alpha value is -0.460. The molecule has 0 aromatic carbocycles. The van der Waals surface area contributed by atoms with Crippen LogP contribution in [0.15, 0.2) is 12.3 Å². The van der Waals surface area contributed by atoms with Gasteiger partial charge < -0.3 is 0 Å². The van der Waals surface area contributed by atoms with Gasteiger partial charge in [0.2, 0.25) is 0 Å². The van der Waals surface area contributed by atoms with E-state index in [1.165, 1.54) is 70.6 Å². The zero-order chi connectivity index (χ0) is 11.9. The lowest BCUT2D eigenvalue weighted by atomic mass is 10.1. The summed E-state index contributed by atoms with van der Waals surface area (Å²) < 4.78 is 0. The molecule has 0 aliphatic rings. The second-order valence-electron chi connectivity index (χ2n) is 4.71. The fourth-order valence-electron chi connectivity index (χ4n) is 2.00. The van der Waals surface area contributed by atoms with Crippen LogP contribution in [-0.2, 0) is 0 Å². The van der Waals surface area contributed by atoms with E-state index in [9.17, 15) is 0 Å². The molecule has 0 spiro atoms. The lowest BCUT2D eigenvalue weighted by Gasteiger charge is -2.01. The van der Waals surface area contributed by atoms with E-state index in [2.05, 4.69) is 6.92 Å². The van der Waals surface area contributed by atoms with Gasteiger partial charge in [0.1, 0.15) is 0 Å². The van der Waals surface area contributed by atoms with Crippen molar-refractivity contribution >= 4 is 0 Å². The van der Waals surface area contributed by atoms with Gasteiger partial charge in [-0.15, -0.1) is 0 Å². The van der Waals surface area contributed by atoms with Gasteiger partial charge in [-0.05, 0) is 12.8 Å². The number of rotatable bonds is 12. The molecule has 0 unspecified atom stereocenters. The molecule has 0 aliphatic heterocycles. The maximum absolute atomic E-state index is 8.45. The van der Waals surface area contributed by atoms with E-state index >= 15 is 0 Å². The fourth-order valence-corrected chi connectivity index (χ4v) is 2.00. The Kier molecular flexibility index (Phi) is 14.1. The molecule has 0 aliphatic carbocycles. The van der Waals surface area contributed by atoms with Crippen molar-refractivity contribution in [3.63, 3.8) is 0 Å². The van der Waals surface area contributed by atoms with Crippen LogP contribution in [0.3, 0.4) is 0 Å². The lowest BCUT2D eigenvalue weighted by molar-refractivity contribution is 0.550. The van der Waals surface area contributed by atoms with Crippen molar-refractivity contribution in [1.82, 2.24) is 5.73 Å². The SMILES string of the molecule is CCCCCCCCCCCCC/C=C/[N]. The number of unbranched alkanes of at least 4 members (excludes halogenated alkanes) is 11. The van der Waals surface area contributed by atoms with Gasteiger partial charge in [-0.3, -0.25) is 0 Å². The van der Waals surface area contributed by atoms with Crippen molar-refractivity contribution in [1.29, 1.82) is 0 Å². The largest absolute Gasteiger partial charge is 0.160 e. The Morgan fingerprint density at radius 1 is 0.688 bits per heavy atom. The van der Waals surface area contributed by atoms with Crippen molar-refractivity contribution in [3.8, 4) is 0 Å². The van der Waals surface area contributed by atoms with Crippen molar-refractivity contribution in [2.24, 2.45) is 0 Å². The Morgan fingerprint density at radius 2 is 1.12 bits per heavy atom. The van der Waals surface area contributed by atoms with Crippen LogP contribution in [0.5, 0.6) is 0 Å². The van der Waals surface area contributed by atoms with E-state index in [1.807, 2.05) is 6.08 Å². The predicted octanol–water partition coefficient (Wildman–Crippen LogP) is 5.27. The summed E-state index contributed by atoms with van der Waals surface area (Å²) >= 11 is 0. The summed E-state index contributed by atoms with van der Waals surface area (Å²) in [7, 11) is 0. The summed E-state index contributed by atoms with van der Waals surface area (Å²) in [5, 5.41) is 0. The van der Waals surface area contributed by atoms with Crippen molar-refractivity contribution in [2.45, 2.75) is 84.0 Å². The van der Waals surface area contributed by atoms with Crippen LogP contribution in [0.25, 0.3) is 0 Å². The summed E-state index contributed by atoms with van der Waals surface area (Å²) in [6.45, 7) is 2.27. The number of hydrogen-bond acceptors (Lipinski definition) is 0. The van der Waals surface area contributed by atoms with Gasteiger partial charge in [-0.1, -0.05) is 77.2 Å². The molecule has 0 rings (SSSR count). The maximum atomic E-state index is 8.45. The van der Waals surface area contributed by atoms with Crippen molar-refractivity contribution < 1.29 is 0 Å². The van der Waals surface area contributed by atoms with E-state index in [0.717, 1.165) is 12.6 Å². The van der Waals surface area contributed by atoms with Crippen molar-refractivity contribution in [3.05, 3.63) is 12.3 Å². The monoisotopic (exact) mass is 223 g/mol. The minimum Gasteiger partial charge on any atom is -0.160 e. The van der Waals surface area contributed by atoms with Gasteiger partial charge in [-0.25, -0.2) is 0 Å². The molecule has 0 bridgehead atoms. The molecule has 1 heteroatoms. The van der Waals surface area contributed by atoms with Gasteiger partial charge in [0.25, 0.3) is 0 Å². The third kappa shape index (κ3) is 13.5. The first-order valence-electron chi connectivity index (χ1n) is 7.21. The maximum Gasteiger partial charge on any atom is 0.0455 e. The van der Waals surface area contributed by atoms with Crippen LogP contribution in [0.2, 0.25) is 0 Å². The minimum atomic E-state index is 1.04. The van der Waals surface area contributed by atoms with E-state index in [4.69, 9.17) is 5.73 Å². The molecule has 0 saturated heterocycles. The van der Waals surface area contributed by atoms with Gasteiger partial charge in [0.05, 0.1) is 0 Å². The van der Waals surface area contributed by atoms with Gasteiger partial charge in [-0.2, -0.15) is 5.73 Å². The molecule has 0 atom stereocenters. The summed E-state index contributed by atoms with van der Waals surface area (Å²) in [6.07, 6.45) is 19.3. The van der Waals surface area contributed by atoms with Crippen LogP contribution in [-0.4, -0.2) is 0 Å². The molecule has 94 valence electrons. The van der Waals surface area contributed by atoms with Gasteiger partial charge >= 0.3 is 0 Å². The lowest BCUT2D eigenvalue weighted by Crippen LogP contribution is -1.81. The smallest absolute Gasteiger partial charge is 0.0455 e. The molecule has 0 aromatic rings. The molecule has 0 heterocycles. The van der Waals surface area contributed by atoms with E-state index in [1.54, 1.807) is 0 Å². The topological polar surface area (TPSA) is 22.3 Å². The quantitative estimate of drug-likeness (QED) is 0.402. The second kappa shape index (κ2) is 14.5. The standard InChI is InChI=1S/C15H29N/c1-2-3-4-5-6-7-8-9-10-11-12-13-14-15-16/h14-15H,2-13H2,1H3/b15-14+. The highest BCUT2D eigenvalue weighted by Crippen LogP contribution is 2.11. The Labute approximate surface area is 102 Å². The molecule has 2 radical (unpaired) electrons. The first-order valence-corrected chi connectivity index (χ1v) is 7.21. The normalized spacial score (nSPS) is 11.3. The fraction of sp³-hybridized carbons (Fsp3) is 0.867. The van der Waals surface area contributed by atoms with Gasteiger partial charge in [0.15, 0.2) is 0 Å². The van der Waals surface area contributed by atoms with E-state index in [-0.39, 0.29) is 0 Å². The van der Waals surface area contributed by atoms with Crippen LogP contribution in [0.1, 0.15) is 84.0 Å². The summed E-state index contributed by atoms with van der Waals surface area (Å²) in [4.78, 5) is 0. The van der Waals surface area contributed by atoms with Crippen LogP contribution in [0.4, 0.5) is 0 Å².